The fourth-order valence-corrected chi connectivity index (χ4v) is 5.11. The number of nitrogens with one attached hydrogen (secondary N) is 1. The number of benzene rings is 1. The second kappa shape index (κ2) is 13.1. The topological polar surface area (TPSA) is 123 Å². The van der Waals surface area contributed by atoms with Crippen LogP contribution in [0.4, 0.5) is 5.69 Å². The maximum atomic E-state index is 12.7. The maximum Gasteiger partial charge on any atom is 0.251 e. The number of aldehydes is 1. The van der Waals surface area contributed by atoms with Gasteiger partial charge in [-0.05, 0) is 50.6 Å². The van der Waals surface area contributed by atoms with Crippen molar-refractivity contribution in [1.82, 2.24) is 25.0 Å². The molecule has 202 valence electrons. The molecule has 1 atom stereocenters. The number of methoxy groups -OCH3 is 1. The SMILES string of the molecule is C=N/C=C1\C(=N/c2ccc(C(=O)NCCCOCC=O)cc2OC)N(C2CCCC2)C(CC)c2nncn21. The van der Waals surface area contributed by atoms with Crippen molar-refractivity contribution in [1.29, 1.82) is 0 Å². The first-order chi connectivity index (χ1) is 18.6. The zero-order valence-corrected chi connectivity index (χ0v) is 22.0. The Morgan fingerprint density at radius 2 is 2.13 bits per heavy atom. The van der Waals surface area contributed by atoms with Crippen molar-refractivity contribution in [3.8, 4) is 5.75 Å². The van der Waals surface area contributed by atoms with Crippen LogP contribution in [0.3, 0.4) is 0 Å². The lowest BCUT2D eigenvalue weighted by atomic mass is 10.0. The molecule has 4 rings (SSSR count). The van der Waals surface area contributed by atoms with Gasteiger partial charge in [0.05, 0.1) is 19.4 Å². The molecular formula is C27H35N7O4. The van der Waals surface area contributed by atoms with Crippen LogP contribution in [0.2, 0.25) is 0 Å². The fourth-order valence-electron chi connectivity index (χ4n) is 5.11. The third-order valence-corrected chi connectivity index (χ3v) is 6.86. The van der Waals surface area contributed by atoms with Crippen LogP contribution in [-0.2, 0) is 9.53 Å². The molecule has 1 aromatic carbocycles. The summed E-state index contributed by atoms with van der Waals surface area (Å²) in [7, 11) is 1.56. The summed E-state index contributed by atoms with van der Waals surface area (Å²) in [5, 5.41) is 11.5. The number of amidine groups is 1. The molecule has 1 aliphatic carbocycles. The van der Waals surface area contributed by atoms with Crippen molar-refractivity contribution in [2.45, 2.75) is 57.5 Å². The summed E-state index contributed by atoms with van der Waals surface area (Å²) < 4.78 is 12.7. The summed E-state index contributed by atoms with van der Waals surface area (Å²) in [6, 6.07) is 5.57. The van der Waals surface area contributed by atoms with Gasteiger partial charge in [0.25, 0.3) is 5.91 Å². The van der Waals surface area contributed by atoms with Crippen molar-refractivity contribution in [2.75, 3.05) is 26.9 Å². The van der Waals surface area contributed by atoms with E-state index in [2.05, 4.69) is 39.0 Å². The van der Waals surface area contributed by atoms with Gasteiger partial charge in [0, 0.05) is 24.8 Å². The lowest BCUT2D eigenvalue weighted by molar-refractivity contribution is -0.111. The van der Waals surface area contributed by atoms with Gasteiger partial charge in [0.15, 0.2) is 11.7 Å². The van der Waals surface area contributed by atoms with Gasteiger partial charge in [-0.1, -0.05) is 19.8 Å². The van der Waals surface area contributed by atoms with Crippen LogP contribution in [0.5, 0.6) is 5.75 Å². The zero-order chi connectivity index (χ0) is 26.9. The Morgan fingerprint density at radius 1 is 1.32 bits per heavy atom. The van der Waals surface area contributed by atoms with Gasteiger partial charge in [-0.25, -0.2) is 4.99 Å². The average Bonchev–Trinajstić information content (AvgIpc) is 3.64. The highest BCUT2D eigenvalue weighted by molar-refractivity contribution is 6.19. The molecular weight excluding hydrogens is 486 g/mol. The molecule has 1 N–H and O–H groups in total. The third kappa shape index (κ3) is 5.83. The molecule has 38 heavy (non-hydrogen) atoms. The minimum Gasteiger partial charge on any atom is -0.494 e. The number of carbonyl (C=O) groups excluding carboxylic acids is 2. The number of rotatable bonds is 12. The molecule has 1 saturated carbocycles. The third-order valence-electron chi connectivity index (χ3n) is 6.86. The van der Waals surface area contributed by atoms with Gasteiger partial charge in [-0.3, -0.25) is 14.4 Å². The van der Waals surface area contributed by atoms with Crippen molar-refractivity contribution in [2.24, 2.45) is 9.98 Å². The highest BCUT2D eigenvalue weighted by Crippen LogP contribution is 2.40. The second-order valence-electron chi connectivity index (χ2n) is 9.20. The first-order valence-electron chi connectivity index (χ1n) is 13.0. The highest BCUT2D eigenvalue weighted by Gasteiger charge is 2.40. The van der Waals surface area contributed by atoms with Gasteiger partial charge in [0.2, 0.25) is 0 Å². The number of hydrogen-bond acceptors (Lipinski definition) is 8. The lowest BCUT2D eigenvalue weighted by Gasteiger charge is -2.42. The number of ether oxygens (including phenoxy) is 2. The maximum absolute atomic E-state index is 12.7. The Bertz CT molecular complexity index is 1200. The van der Waals surface area contributed by atoms with E-state index >= 15 is 0 Å². The fraction of sp³-hybridized carbons (Fsp3) is 0.481. The summed E-state index contributed by atoms with van der Waals surface area (Å²) in [5.74, 6) is 1.89. The van der Waals surface area contributed by atoms with E-state index < -0.39 is 0 Å². The number of nitrogens with zero attached hydrogens (tertiary/aromatic N) is 6. The number of amides is 1. The largest absolute Gasteiger partial charge is 0.494 e. The van der Waals surface area contributed by atoms with Crippen LogP contribution in [0.1, 0.15) is 67.7 Å². The van der Waals surface area contributed by atoms with Gasteiger partial charge in [-0.2, -0.15) is 0 Å². The van der Waals surface area contributed by atoms with Gasteiger partial charge in [0.1, 0.15) is 36.4 Å². The van der Waals surface area contributed by atoms with E-state index in [9.17, 15) is 9.59 Å². The molecule has 0 bridgehead atoms. The normalized spacial score (nSPS) is 19.5. The minimum atomic E-state index is -0.222. The van der Waals surface area contributed by atoms with E-state index in [1.54, 1.807) is 37.8 Å². The van der Waals surface area contributed by atoms with E-state index in [1.807, 2.05) is 4.57 Å². The number of aliphatic imine (C=N–C) groups is 2. The van der Waals surface area contributed by atoms with Crippen LogP contribution in [-0.4, -0.2) is 77.3 Å². The van der Waals surface area contributed by atoms with Crippen LogP contribution >= 0.6 is 0 Å². The lowest BCUT2D eigenvalue weighted by Crippen LogP contribution is -2.47. The molecule has 1 unspecified atom stereocenters. The summed E-state index contributed by atoms with van der Waals surface area (Å²) in [5.41, 5.74) is 1.81. The van der Waals surface area contributed by atoms with Gasteiger partial charge in [-0.15, -0.1) is 10.2 Å². The molecule has 2 aromatic rings. The van der Waals surface area contributed by atoms with Crippen molar-refractivity contribution >= 4 is 36.1 Å². The number of hydrogen-bond donors (Lipinski definition) is 1. The Kier molecular flexibility index (Phi) is 9.36. The van der Waals surface area contributed by atoms with Crippen LogP contribution < -0.4 is 10.1 Å². The molecule has 2 aliphatic rings. The number of fused-ring (bicyclic) bond motifs is 1. The first kappa shape index (κ1) is 27.2. The Labute approximate surface area is 222 Å². The Balaban J connectivity index is 1.66. The van der Waals surface area contributed by atoms with Gasteiger partial charge >= 0.3 is 0 Å². The van der Waals surface area contributed by atoms with Gasteiger partial charge < -0.3 is 24.5 Å². The molecule has 1 aliphatic heterocycles. The summed E-state index contributed by atoms with van der Waals surface area (Å²) in [6.07, 6.45) is 10.0. The van der Waals surface area contributed by atoms with Crippen LogP contribution in [0.15, 0.2) is 40.7 Å². The van der Waals surface area contributed by atoms with Crippen molar-refractivity contribution < 1.29 is 19.1 Å². The van der Waals surface area contributed by atoms with Crippen LogP contribution in [0.25, 0.3) is 5.70 Å². The Hall–Kier alpha value is -3.86. The monoisotopic (exact) mass is 521 g/mol. The number of aromatic nitrogens is 3. The molecule has 1 fully saturated rings. The van der Waals surface area contributed by atoms with E-state index in [-0.39, 0.29) is 18.6 Å². The summed E-state index contributed by atoms with van der Waals surface area (Å²) in [4.78, 5) is 34.6. The molecule has 11 nitrogen and oxygen atoms in total. The highest BCUT2D eigenvalue weighted by atomic mass is 16.5. The van der Waals surface area contributed by atoms with Crippen molar-refractivity contribution in [3.05, 3.63) is 42.1 Å². The van der Waals surface area contributed by atoms with E-state index in [0.717, 1.165) is 36.6 Å². The predicted octanol–water partition coefficient (Wildman–Crippen LogP) is 3.56. The summed E-state index contributed by atoms with van der Waals surface area (Å²) >= 11 is 0. The number of carbonyl (C=O) groups is 2. The predicted molar refractivity (Wildman–Crippen MR) is 145 cm³/mol. The molecule has 0 saturated heterocycles. The minimum absolute atomic E-state index is 0.0212. The average molecular weight is 522 g/mol. The molecule has 0 radical (unpaired) electrons. The summed E-state index contributed by atoms with van der Waals surface area (Å²) in [6.45, 7) is 6.72. The quantitative estimate of drug-likeness (QED) is 0.257. The molecule has 2 heterocycles. The molecule has 1 aromatic heterocycles. The van der Waals surface area contributed by atoms with E-state index in [0.29, 0.717) is 48.9 Å². The molecule has 11 heteroatoms. The Morgan fingerprint density at radius 3 is 2.84 bits per heavy atom. The zero-order valence-electron chi connectivity index (χ0n) is 22.0. The molecule has 0 spiro atoms. The van der Waals surface area contributed by atoms with E-state index in [4.69, 9.17) is 14.5 Å². The standard InChI is InChI=1S/C27H35N7O4/c1-4-22-26-32-30-18-33(26)23(17-28-2)25(34(22)20-8-5-6-9-20)31-21-11-10-19(16-24(21)37-3)27(36)29-12-7-14-38-15-13-35/h10-11,13,16-18,20,22H,2,4-9,12,14-15H2,1,3H3,(H,29,36)/b23-17+,31-25+. The smallest absolute Gasteiger partial charge is 0.251 e. The van der Waals surface area contributed by atoms with E-state index in [1.165, 1.54) is 12.8 Å². The molecule has 1 amide bonds. The second-order valence-corrected chi connectivity index (χ2v) is 9.20. The van der Waals surface area contributed by atoms with Crippen LogP contribution in [0, 0.1) is 0 Å². The first-order valence-corrected chi connectivity index (χ1v) is 13.0. The van der Waals surface area contributed by atoms with Crippen molar-refractivity contribution in [3.63, 3.8) is 0 Å².